The van der Waals surface area contributed by atoms with Crippen LogP contribution in [0, 0.1) is 12.7 Å². The van der Waals surface area contributed by atoms with Crippen molar-refractivity contribution in [2.75, 3.05) is 31.1 Å². The zero-order chi connectivity index (χ0) is 18.8. The van der Waals surface area contributed by atoms with E-state index >= 15 is 0 Å². The van der Waals surface area contributed by atoms with E-state index in [2.05, 4.69) is 20.1 Å². The van der Waals surface area contributed by atoms with Crippen LogP contribution in [-0.2, 0) is 0 Å². The molecule has 1 aliphatic rings. The highest BCUT2D eigenvalue weighted by Crippen LogP contribution is 2.17. The summed E-state index contributed by atoms with van der Waals surface area (Å²) in [6.45, 7) is 4.17. The number of benzene rings is 1. The van der Waals surface area contributed by atoms with Crippen LogP contribution in [0.25, 0.3) is 5.82 Å². The van der Waals surface area contributed by atoms with Gasteiger partial charge in [-0.15, -0.1) is 10.2 Å². The number of aryl methyl sites for hydroxylation is 1. The minimum atomic E-state index is -0.485. The zero-order valence-electron chi connectivity index (χ0n) is 14.9. The monoisotopic (exact) mass is 366 g/mol. The molecule has 0 radical (unpaired) electrons. The van der Waals surface area contributed by atoms with Crippen LogP contribution in [0.15, 0.2) is 48.8 Å². The summed E-state index contributed by atoms with van der Waals surface area (Å²) in [5, 5.41) is 8.58. The molecule has 1 fully saturated rings. The third-order valence-electron chi connectivity index (χ3n) is 4.70. The molecule has 7 nitrogen and oxygen atoms in total. The quantitative estimate of drug-likeness (QED) is 0.710. The molecule has 138 valence electrons. The average Bonchev–Trinajstić information content (AvgIpc) is 3.14. The van der Waals surface area contributed by atoms with Gasteiger partial charge in [0.25, 0.3) is 5.91 Å². The number of carbonyl (C=O) groups excluding carboxylic acids is 1. The second kappa shape index (κ2) is 7.14. The molecule has 0 unspecified atom stereocenters. The van der Waals surface area contributed by atoms with E-state index in [0.29, 0.717) is 32.0 Å². The largest absolute Gasteiger partial charge is 0.352 e. The van der Waals surface area contributed by atoms with Crippen molar-refractivity contribution >= 4 is 11.7 Å². The Hall–Kier alpha value is -3.29. The summed E-state index contributed by atoms with van der Waals surface area (Å²) in [4.78, 5) is 20.4. The number of aromatic nitrogens is 4. The van der Waals surface area contributed by atoms with Crippen molar-refractivity contribution in [3.05, 3.63) is 66.0 Å². The predicted octanol–water partition coefficient (Wildman–Crippen LogP) is 2.07. The molecule has 0 bridgehead atoms. The molecular formula is C19H19FN6O. The molecule has 0 N–H and O–H groups in total. The SMILES string of the molecule is Cc1nccn1-c1ccc(N2CCN(C(=O)c3ccccc3F)CC2)nn1. The lowest BCUT2D eigenvalue weighted by Crippen LogP contribution is -2.49. The van der Waals surface area contributed by atoms with Crippen molar-refractivity contribution in [1.29, 1.82) is 0 Å². The number of anilines is 1. The fourth-order valence-corrected chi connectivity index (χ4v) is 3.18. The van der Waals surface area contributed by atoms with E-state index in [1.54, 1.807) is 23.2 Å². The van der Waals surface area contributed by atoms with Crippen LogP contribution in [0.1, 0.15) is 16.2 Å². The Balaban J connectivity index is 1.41. The molecule has 0 spiro atoms. The van der Waals surface area contributed by atoms with Crippen LogP contribution in [0.3, 0.4) is 0 Å². The summed E-state index contributed by atoms with van der Waals surface area (Å²) in [7, 11) is 0. The Kier molecular flexibility index (Phi) is 4.53. The highest BCUT2D eigenvalue weighted by molar-refractivity contribution is 5.94. The standard InChI is InChI=1S/C19H19FN6O/c1-14-21-8-9-26(14)18-7-6-17(22-23-18)24-10-12-25(13-11-24)19(27)15-4-2-3-5-16(15)20/h2-9H,10-13H2,1H3. The number of nitrogens with zero attached hydrogens (tertiary/aromatic N) is 6. The van der Waals surface area contributed by atoms with Crippen LogP contribution in [0.5, 0.6) is 0 Å². The van der Waals surface area contributed by atoms with Crippen LogP contribution in [-0.4, -0.2) is 56.7 Å². The average molecular weight is 366 g/mol. The van der Waals surface area contributed by atoms with Gasteiger partial charge < -0.3 is 9.80 Å². The molecule has 4 rings (SSSR count). The van der Waals surface area contributed by atoms with Crippen molar-refractivity contribution in [1.82, 2.24) is 24.6 Å². The van der Waals surface area contributed by atoms with Crippen LogP contribution in [0.4, 0.5) is 10.2 Å². The van der Waals surface area contributed by atoms with Crippen molar-refractivity contribution in [3.8, 4) is 5.82 Å². The topological polar surface area (TPSA) is 67.2 Å². The van der Waals surface area contributed by atoms with Crippen molar-refractivity contribution in [2.45, 2.75) is 6.92 Å². The Morgan fingerprint density at radius 3 is 2.33 bits per heavy atom. The number of imidazole rings is 1. The molecule has 8 heteroatoms. The maximum absolute atomic E-state index is 13.8. The molecule has 0 atom stereocenters. The van der Waals surface area contributed by atoms with Gasteiger partial charge in [-0.3, -0.25) is 9.36 Å². The molecule has 27 heavy (non-hydrogen) atoms. The maximum Gasteiger partial charge on any atom is 0.256 e. The molecular weight excluding hydrogens is 347 g/mol. The number of halogens is 1. The first kappa shape index (κ1) is 17.1. The van der Waals surface area contributed by atoms with Crippen LogP contribution in [0.2, 0.25) is 0 Å². The first-order valence-electron chi connectivity index (χ1n) is 8.76. The maximum atomic E-state index is 13.8. The summed E-state index contributed by atoms with van der Waals surface area (Å²) < 4.78 is 15.7. The van der Waals surface area contributed by atoms with Gasteiger partial charge >= 0.3 is 0 Å². The molecule has 1 aromatic carbocycles. The first-order valence-corrected chi connectivity index (χ1v) is 8.76. The fraction of sp³-hybridized carbons (Fsp3) is 0.263. The molecule has 1 aliphatic heterocycles. The van der Waals surface area contributed by atoms with Crippen molar-refractivity contribution < 1.29 is 9.18 Å². The lowest BCUT2D eigenvalue weighted by atomic mass is 10.1. The highest BCUT2D eigenvalue weighted by Gasteiger charge is 2.24. The van der Waals surface area contributed by atoms with E-state index in [1.807, 2.05) is 29.8 Å². The minimum Gasteiger partial charge on any atom is -0.352 e. The summed E-state index contributed by atoms with van der Waals surface area (Å²) >= 11 is 0. The molecule has 0 aliphatic carbocycles. The number of rotatable bonds is 3. The van der Waals surface area contributed by atoms with Gasteiger partial charge in [-0.2, -0.15) is 0 Å². The smallest absolute Gasteiger partial charge is 0.256 e. The lowest BCUT2D eigenvalue weighted by molar-refractivity contribution is 0.0742. The van der Waals surface area contributed by atoms with E-state index < -0.39 is 5.82 Å². The fourth-order valence-electron chi connectivity index (χ4n) is 3.18. The Bertz CT molecular complexity index is 947. The van der Waals surface area contributed by atoms with E-state index in [4.69, 9.17) is 0 Å². The molecule has 2 aromatic heterocycles. The number of hydrogen-bond donors (Lipinski definition) is 0. The van der Waals surface area contributed by atoms with Gasteiger partial charge in [0.05, 0.1) is 5.56 Å². The Labute approximate surface area is 156 Å². The Morgan fingerprint density at radius 1 is 1.00 bits per heavy atom. The number of amides is 1. The lowest BCUT2D eigenvalue weighted by Gasteiger charge is -2.35. The van der Waals surface area contributed by atoms with Gasteiger partial charge in [0.1, 0.15) is 11.6 Å². The molecule has 1 amide bonds. The van der Waals surface area contributed by atoms with Crippen LogP contribution >= 0.6 is 0 Å². The highest BCUT2D eigenvalue weighted by atomic mass is 19.1. The van der Waals surface area contributed by atoms with E-state index in [-0.39, 0.29) is 11.5 Å². The van der Waals surface area contributed by atoms with Gasteiger partial charge in [0, 0.05) is 38.6 Å². The van der Waals surface area contributed by atoms with Crippen LogP contribution < -0.4 is 4.90 Å². The van der Waals surface area contributed by atoms with Gasteiger partial charge in [0.2, 0.25) is 0 Å². The zero-order valence-corrected chi connectivity index (χ0v) is 14.9. The van der Waals surface area contributed by atoms with Gasteiger partial charge in [-0.25, -0.2) is 9.37 Å². The Morgan fingerprint density at radius 2 is 1.70 bits per heavy atom. The second-order valence-corrected chi connectivity index (χ2v) is 6.35. The van der Waals surface area contributed by atoms with Gasteiger partial charge in [0.15, 0.2) is 11.6 Å². The van der Waals surface area contributed by atoms with E-state index in [9.17, 15) is 9.18 Å². The van der Waals surface area contributed by atoms with Crippen molar-refractivity contribution in [2.24, 2.45) is 0 Å². The molecule has 3 heterocycles. The summed E-state index contributed by atoms with van der Waals surface area (Å²) in [6.07, 6.45) is 3.56. The summed E-state index contributed by atoms with van der Waals surface area (Å²) in [5.41, 5.74) is 0.116. The normalized spacial score (nSPS) is 14.4. The third kappa shape index (κ3) is 3.38. The number of carbonyl (C=O) groups is 1. The van der Waals surface area contributed by atoms with E-state index in [1.165, 1.54) is 12.1 Å². The van der Waals surface area contributed by atoms with Gasteiger partial charge in [-0.1, -0.05) is 12.1 Å². The summed E-state index contributed by atoms with van der Waals surface area (Å²) in [5.74, 6) is 1.56. The molecule has 1 saturated heterocycles. The van der Waals surface area contributed by atoms with Gasteiger partial charge in [-0.05, 0) is 31.2 Å². The summed E-state index contributed by atoms with van der Waals surface area (Å²) in [6, 6.07) is 9.89. The minimum absolute atomic E-state index is 0.116. The van der Waals surface area contributed by atoms with Crippen molar-refractivity contribution in [3.63, 3.8) is 0 Å². The molecule has 3 aromatic rings. The predicted molar refractivity (Wildman–Crippen MR) is 98.4 cm³/mol. The van der Waals surface area contributed by atoms with E-state index in [0.717, 1.165) is 11.6 Å². The number of piperazine rings is 1. The third-order valence-corrected chi connectivity index (χ3v) is 4.70. The molecule has 0 saturated carbocycles. The first-order chi connectivity index (χ1) is 13.1. The second-order valence-electron chi connectivity index (χ2n) is 6.35. The number of hydrogen-bond acceptors (Lipinski definition) is 5.